The first-order valence-corrected chi connectivity index (χ1v) is 9.10. The van der Waals surface area contributed by atoms with Crippen molar-refractivity contribution in [2.45, 2.75) is 51.6 Å². The van der Waals surface area contributed by atoms with Crippen molar-refractivity contribution in [1.82, 2.24) is 0 Å². The predicted molar refractivity (Wildman–Crippen MR) is 76.4 cm³/mol. The summed E-state index contributed by atoms with van der Waals surface area (Å²) in [5.74, 6) is 0. The third kappa shape index (κ3) is 4.26. The Labute approximate surface area is 106 Å². The van der Waals surface area contributed by atoms with Crippen molar-refractivity contribution >= 4 is 8.32 Å². The molecule has 3 heteroatoms. The molecule has 1 aromatic rings. The van der Waals surface area contributed by atoms with E-state index in [1.54, 1.807) is 0 Å². The molecule has 0 saturated carbocycles. The van der Waals surface area contributed by atoms with E-state index in [9.17, 15) is 0 Å². The van der Waals surface area contributed by atoms with Crippen molar-refractivity contribution < 1.29 is 4.43 Å². The molecule has 2 nitrogen and oxygen atoms in total. The van der Waals surface area contributed by atoms with Gasteiger partial charge in [-0.25, -0.2) is 0 Å². The monoisotopic (exact) mass is 251 g/mol. The summed E-state index contributed by atoms with van der Waals surface area (Å²) >= 11 is 0. The maximum Gasteiger partial charge on any atom is 0.194 e. The van der Waals surface area contributed by atoms with Crippen molar-refractivity contribution in [2.75, 3.05) is 0 Å². The SMILES string of the molecule is CC(C)(C)[Si](C)(C)OC(N)Cc1ccccc1. The van der Waals surface area contributed by atoms with Gasteiger partial charge >= 0.3 is 0 Å². The first-order chi connectivity index (χ1) is 7.72. The summed E-state index contributed by atoms with van der Waals surface area (Å²) in [6, 6.07) is 10.3. The summed E-state index contributed by atoms with van der Waals surface area (Å²) in [6.45, 7) is 11.2. The number of hydrogen-bond acceptors (Lipinski definition) is 2. The average molecular weight is 251 g/mol. The van der Waals surface area contributed by atoms with Crippen molar-refractivity contribution in [3.63, 3.8) is 0 Å². The fourth-order valence-electron chi connectivity index (χ4n) is 1.44. The minimum absolute atomic E-state index is 0.196. The van der Waals surface area contributed by atoms with E-state index in [4.69, 9.17) is 10.2 Å². The second-order valence-electron chi connectivity index (χ2n) is 6.11. The molecule has 2 N–H and O–H groups in total. The van der Waals surface area contributed by atoms with Crippen LogP contribution >= 0.6 is 0 Å². The van der Waals surface area contributed by atoms with Crippen LogP contribution < -0.4 is 5.73 Å². The lowest BCUT2D eigenvalue weighted by Crippen LogP contribution is -2.47. The van der Waals surface area contributed by atoms with Crippen LogP contribution in [0.3, 0.4) is 0 Å². The van der Waals surface area contributed by atoms with Crippen molar-refractivity contribution in [3.8, 4) is 0 Å². The van der Waals surface area contributed by atoms with Gasteiger partial charge in [0.15, 0.2) is 8.32 Å². The van der Waals surface area contributed by atoms with E-state index in [-0.39, 0.29) is 11.3 Å². The fourth-order valence-corrected chi connectivity index (χ4v) is 2.64. The lowest BCUT2D eigenvalue weighted by atomic mass is 10.1. The summed E-state index contributed by atoms with van der Waals surface area (Å²) < 4.78 is 6.12. The molecule has 1 unspecified atom stereocenters. The second-order valence-corrected chi connectivity index (χ2v) is 10.9. The number of rotatable bonds is 4. The molecule has 0 fully saturated rings. The van der Waals surface area contributed by atoms with Crippen molar-refractivity contribution in [2.24, 2.45) is 5.73 Å². The molecule has 0 heterocycles. The number of nitrogens with two attached hydrogens (primary N) is 1. The van der Waals surface area contributed by atoms with Crippen LogP contribution in [-0.4, -0.2) is 14.5 Å². The van der Waals surface area contributed by atoms with Gasteiger partial charge < -0.3 is 10.2 Å². The number of hydrogen-bond donors (Lipinski definition) is 1. The van der Waals surface area contributed by atoms with Crippen LogP contribution in [0.4, 0.5) is 0 Å². The quantitative estimate of drug-likeness (QED) is 0.656. The van der Waals surface area contributed by atoms with Gasteiger partial charge in [-0.2, -0.15) is 0 Å². The minimum Gasteiger partial charge on any atom is -0.402 e. The third-order valence-corrected chi connectivity index (χ3v) is 8.04. The first kappa shape index (κ1) is 14.4. The molecular formula is C14H25NOSi. The van der Waals surface area contributed by atoms with Crippen LogP contribution in [0.15, 0.2) is 30.3 Å². The molecular weight excluding hydrogens is 226 g/mol. The Bertz CT molecular complexity index is 343. The summed E-state index contributed by atoms with van der Waals surface area (Å²) in [6.07, 6.45) is 0.589. The van der Waals surface area contributed by atoms with Gasteiger partial charge in [0.05, 0.1) is 6.23 Å². The van der Waals surface area contributed by atoms with Gasteiger partial charge in [-0.3, -0.25) is 0 Å². The Kier molecular flexibility index (Phi) is 4.53. The largest absolute Gasteiger partial charge is 0.402 e. The molecule has 0 aliphatic carbocycles. The van der Waals surface area contributed by atoms with Crippen LogP contribution in [-0.2, 0) is 10.8 Å². The van der Waals surface area contributed by atoms with Crippen LogP contribution in [0.2, 0.25) is 18.1 Å². The van der Waals surface area contributed by atoms with Gasteiger partial charge in [0, 0.05) is 6.42 Å². The lowest BCUT2D eigenvalue weighted by molar-refractivity contribution is 0.188. The molecule has 0 bridgehead atoms. The molecule has 0 amide bonds. The topological polar surface area (TPSA) is 35.2 Å². The molecule has 1 atom stereocenters. The van der Waals surface area contributed by atoms with E-state index in [1.165, 1.54) is 5.56 Å². The van der Waals surface area contributed by atoms with Gasteiger partial charge in [-0.15, -0.1) is 0 Å². The molecule has 0 saturated heterocycles. The van der Waals surface area contributed by atoms with E-state index in [2.05, 4.69) is 46.0 Å². The lowest BCUT2D eigenvalue weighted by Gasteiger charge is -2.38. The van der Waals surface area contributed by atoms with Gasteiger partial charge in [0.2, 0.25) is 0 Å². The predicted octanol–water partition coefficient (Wildman–Crippen LogP) is 3.54. The average Bonchev–Trinajstić information content (AvgIpc) is 2.16. The molecule has 1 aromatic carbocycles. The Hall–Kier alpha value is -0.643. The van der Waals surface area contributed by atoms with Crippen LogP contribution in [0, 0.1) is 0 Å². The smallest absolute Gasteiger partial charge is 0.194 e. The standard InChI is InChI=1S/C14H25NOSi/c1-14(2,3)17(4,5)16-13(15)11-12-9-7-6-8-10-12/h6-10,13H,11,15H2,1-5H3. The van der Waals surface area contributed by atoms with Crippen LogP contribution in [0.5, 0.6) is 0 Å². The van der Waals surface area contributed by atoms with E-state index in [0.717, 1.165) is 6.42 Å². The zero-order chi connectivity index (χ0) is 13.1. The summed E-state index contributed by atoms with van der Waals surface area (Å²) in [4.78, 5) is 0. The molecule has 17 heavy (non-hydrogen) atoms. The normalized spacial score (nSPS) is 14.7. The van der Waals surface area contributed by atoms with Crippen LogP contribution in [0.1, 0.15) is 26.3 Å². The van der Waals surface area contributed by atoms with E-state index in [1.807, 2.05) is 18.2 Å². The minimum atomic E-state index is -1.75. The molecule has 0 aliphatic heterocycles. The van der Waals surface area contributed by atoms with Crippen molar-refractivity contribution in [3.05, 3.63) is 35.9 Å². The summed E-state index contributed by atoms with van der Waals surface area (Å²) in [7, 11) is -1.75. The molecule has 0 radical (unpaired) electrons. The molecule has 0 spiro atoms. The molecule has 1 rings (SSSR count). The Morgan fingerprint density at radius 2 is 1.71 bits per heavy atom. The maximum absolute atomic E-state index is 6.12. The zero-order valence-electron chi connectivity index (χ0n) is 11.7. The van der Waals surface area contributed by atoms with E-state index >= 15 is 0 Å². The highest BCUT2D eigenvalue weighted by molar-refractivity contribution is 6.74. The summed E-state index contributed by atoms with van der Waals surface area (Å²) in [5, 5.41) is 0.210. The van der Waals surface area contributed by atoms with Gasteiger partial charge in [-0.1, -0.05) is 51.1 Å². The zero-order valence-corrected chi connectivity index (χ0v) is 12.7. The van der Waals surface area contributed by atoms with E-state index in [0.29, 0.717) is 0 Å². The molecule has 0 aliphatic rings. The van der Waals surface area contributed by atoms with Gasteiger partial charge in [0.1, 0.15) is 0 Å². The van der Waals surface area contributed by atoms with Crippen molar-refractivity contribution in [1.29, 1.82) is 0 Å². The molecule has 0 aromatic heterocycles. The van der Waals surface area contributed by atoms with Gasteiger partial charge in [0.25, 0.3) is 0 Å². The fraction of sp³-hybridized carbons (Fsp3) is 0.571. The number of benzene rings is 1. The highest BCUT2D eigenvalue weighted by Crippen LogP contribution is 2.37. The Morgan fingerprint density at radius 1 is 1.18 bits per heavy atom. The second kappa shape index (κ2) is 5.34. The van der Waals surface area contributed by atoms with Crippen LogP contribution in [0.25, 0.3) is 0 Å². The Morgan fingerprint density at radius 3 is 2.18 bits per heavy atom. The van der Waals surface area contributed by atoms with Gasteiger partial charge in [-0.05, 0) is 23.7 Å². The summed E-state index contributed by atoms with van der Waals surface area (Å²) in [5.41, 5.74) is 7.34. The highest BCUT2D eigenvalue weighted by Gasteiger charge is 2.38. The third-order valence-electron chi connectivity index (χ3n) is 3.53. The van der Waals surface area contributed by atoms with E-state index < -0.39 is 8.32 Å². The Balaban J connectivity index is 2.59. The molecule has 96 valence electrons. The first-order valence-electron chi connectivity index (χ1n) is 6.20. The highest BCUT2D eigenvalue weighted by atomic mass is 28.4. The maximum atomic E-state index is 6.12.